The number of rotatable bonds is 3. The minimum atomic E-state index is 0.590. The maximum absolute atomic E-state index is 8.88. The third-order valence-electron chi connectivity index (χ3n) is 2.85. The standard InChI is InChI=1S/C16H15N3S/c1-11-7-12(2)16(20-3)15(8-11)19-18-14-6-4-5-13(9-14)10-17/h4-9H,1-3H3. The molecule has 0 amide bonds. The normalized spacial score (nSPS) is 10.7. The Morgan fingerprint density at radius 3 is 2.60 bits per heavy atom. The van der Waals surface area contributed by atoms with Gasteiger partial charge in [0.2, 0.25) is 0 Å². The summed E-state index contributed by atoms with van der Waals surface area (Å²) in [6, 6.07) is 13.4. The van der Waals surface area contributed by atoms with E-state index in [0.29, 0.717) is 11.3 Å². The van der Waals surface area contributed by atoms with Crippen molar-refractivity contribution in [2.75, 3.05) is 6.26 Å². The third-order valence-corrected chi connectivity index (χ3v) is 3.79. The van der Waals surface area contributed by atoms with Crippen LogP contribution in [0.25, 0.3) is 0 Å². The third kappa shape index (κ3) is 3.25. The first-order valence-electron chi connectivity index (χ1n) is 6.21. The van der Waals surface area contributed by atoms with Gasteiger partial charge in [-0.2, -0.15) is 10.4 Å². The van der Waals surface area contributed by atoms with Gasteiger partial charge >= 0.3 is 0 Å². The van der Waals surface area contributed by atoms with Gasteiger partial charge in [-0.15, -0.1) is 16.9 Å². The molecular formula is C16H15N3S. The Morgan fingerprint density at radius 2 is 1.90 bits per heavy atom. The zero-order chi connectivity index (χ0) is 14.5. The van der Waals surface area contributed by atoms with Gasteiger partial charge in [0.15, 0.2) is 0 Å². The molecule has 0 spiro atoms. The smallest absolute Gasteiger partial charge is 0.0997 e. The van der Waals surface area contributed by atoms with Crippen molar-refractivity contribution >= 4 is 23.1 Å². The summed E-state index contributed by atoms with van der Waals surface area (Å²) in [6.07, 6.45) is 2.03. The maximum atomic E-state index is 8.88. The second kappa shape index (κ2) is 6.36. The van der Waals surface area contributed by atoms with Crippen LogP contribution in [-0.4, -0.2) is 6.26 Å². The SMILES string of the molecule is CSc1c(C)cc(C)cc1N=Nc1cccc(C#N)c1. The molecule has 0 N–H and O–H groups in total. The molecule has 100 valence electrons. The molecule has 3 nitrogen and oxygen atoms in total. The zero-order valence-corrected chi connectivity index (χ0v) is 12.5. The summed E-state index contributed by atoms with van der Waals surface area (Å²) in [5, 5.41) is 17.5. The molecule has 0 heterocycles. The number of nitriles is 1. The van der Waals surface area contributed by atoms with Gasteiger partial charge < -0.3 is 0 Å². The molecule has 0 unspecified atom stereocenters. The quantitative estimate of drug-likeness (QED) is 0.565. The zero-order valence-electron chi connectivity index (χ0n) is 11.7. The fourth-order valence-electron chi connectivity index (χ4n) is 2.02. The van der Waals surface area contributed by atoms with E-state index < -0.39 is 0 Å². The molecular weight excluding hydrogens is 266 g/mol. The predicted molar refractivity (Wildman–Crippen MR) is 83.0 cm³/mol. The summed E-state index contributed by atoms with van der Waals surface area (Å²) in [7, 11) is 0. The van der Waals surface area contributed by atoms with Crippen molar-refractivity contribution in [1.82, 2.24) is 0 Å². The van der Waals surface area contributed by atoms with Crippen molar-refractivity contribution < 1.29 is 0 Å². The first-order chi connectivity index (χ1) is 9.63. The molecule has 0 saturated carbocycles. The number of hydrogen-bond acceptors (Lipinski definition) is 4. The highest BCUT2D eigenvalue weighted by Crippen LogP contribution is 2.33. The summed E-state index contributed by atoms with van der Waals surface area (Å²) in [5.74, 6) is 0. The molecule has 0 saturated heterocycles. The van der Waals surface area contributed by atoms with Gasteiger partial charge in [-0.3, -0.25) is 0 Å². The van der Waals surface area contributed by atoms with Crippen molar-refractivity contribution in [2.45, 2.75) is 18.7 Å². The van der Waals surface area contributed by atoms with Gasteiger partial charge in [0.05, 0.1) is 23.0 Å². The molecule has 2 aromatic rings. The van der Waals surface area contributed by atoms with Crippen LogP contribution < -0.4 is 0 Å². The molecule has 0 aliphatic heterocycles. The van der Waals surface area contributed by atoms with E-state index in [1.165, 1.54) is 11.1 Å². The summed E-state index contributed by atoms with van der Waals surface area (Å²) in [5.41, 5.74) is 4.52. The van der Waals surface area contributed by atoms with Gasteiger partial charge in [0.25, 0.3) is 0 Å². The first-order valence-corrected chi connectivity index (χ1v) is 7.43. The molecule has 4 heteroatoms. The molecule has 2 rings (SSSR count). The highest BCUT2D eigenvalue weighted by molar-refractivity contribution is 7.98. The van der Waals surface area contributed by atoms with Crippen LogP contribution in [0.5, 0.6) is 0 Å². The fourth-order valence-corrected chi connectivity index (χ4v) is 2.71. The van der Waals surface area contributed by atoms with Crippen LogP contribution in [0.3, 0.4) is 0 Å². The number of azo groups is 1. The minimum absolute atomic E-state index is 0.590. The van der Waals surface area contributed by atoms with Crippen molar-refractivity contribution in [3.8, 4) is 6.07 Å². The Bertz CT molecular complexity index is 699. The number of hydrogen-bond donors (Lipinski definition) is 0. The lowest BCUT2D eigenvalue weighted by atomic mass is 10.1. The van der Waals surface area contributed by atoms with E-state index in [-0.39, 0.29) is 0 Å². The topological polar surface area (TPSA) is 48.5 Å². The Hall–Kier alpha value is -2.12. The Kier molecular flexibility index (Phi) is 4.54. The number of thioether (sulfide) groups is 1. The first kappa shape index (κ1) is 14.3. The summed E-state index contributed by atoms with van der Waals surface area (Å²) >= 11 is 1.67. The molecule has 20 heavy (non-hydrogen) atoms. The molecule has 0 bridgehead atoms. The molecule has 0 aliphatic rings. The van der Waals surface area contributed by atoms with Gasteiger partial charge in [0, 0.05) is 4.90 Å². The number of aryl methyl sites for hydroxylation is 2. The Balaban J connectivity index is 2.38. The van der Waals surface area contributed by atoms with E-state index in [4.69, 9.17) is 5.26 Å². The van der Waals surface area contributed by atoms with Crippen molar-refractivity contribution in [2.24, 2.45) is 10.2 Å². The molecule has 0 aromatic heterocycles. The largest absolute Gasteiger partial charge is 0.192 e. The minimum Gasteiger partial charge on any atom is -0.192 e. The summed E-state index contributed by atoms with van der Waals surface area (Å²) < 4.78 is 0. The highest BCUT2D eigenvalue weighted by atomic mass is 32.2. The second-order valence-corrected chi connectivity index (χ2v) is 5.31. The van der Waals surface area contributed by atoms with E-state index in [1.54, 1.807) is 23.9 Å². The van der Waals surface area contributed by atoms with E-state index in [1.807, 2.05) is 31.4 Å². The van der Waals surface area contributed by atoms with Crippen LogP contribution in [0, 0.1) is 25.2 Å². The number of nitrogens with zero attached hydrogens (tertiary/aromatic N) is 3. The monoisotopic (exact) mass is 281 g/mol. The average molecular weight is 281 g/mol. The molecule has 0 fully saturated rings. The van der Waals surface area contributed by atoms with Crippen LogP contribution >= 0.6 is 11.8 Å². The van der Waals surface area contributed by atoms with Crippen molar-refractivity contribution in [1.29, 1.82) is 5.26 Å². The van der Waals surface area contributed by atoms with Crippen LogP contribution in [0.15, 0.2) is 51.5 Å². The van der Waals surface area contributed by atoms with Crippen LogP contribution in [0.4, 0.5) is 11.4 Å². The van der Waals surface area contributed by atoms with Gasteiger partial charge in [-0.05, 0) is 55.5 Å². The lowest BCUT2D eigenvalue weighted by molar-refractivity contribution is 1.15. The van der Waals surface area contributed by atoms with Gasteiger partial charge in [-0.1, -0.05) is 12.1 Å². The summed E-state index contributed by atoms with van der Waals surface area (Å²) in [6.45, 7) is 4.13. The Morgan fingerprint density at radius 1 is 1.10 bits per heavy atom. The summed E-state index contributed by atoms with van der Waals surface area (Å²) in [4.78, 5) is 1.13. The lowest BCUT2D eigenvalue weighted by Gasteiger charge is -2.07. The maximum Gasteiger partial charge on any atom is 0.0997 e. The average Bonchev–Trinajstić information content (AvgIpc) is 2.45. The van der Waals surface area contributed by atoms with E-state index in [0.717, 1.165) is 10.6 Å². The van der Waals surface area contributed by atoms with E-state index in [9.17, 15) is 0 Å². The van der Waals surface area contributed by atoms with Crippen molar-refractivity contribution in [3.63, 3.8) is 0 Å². The molecule has 0 atom stereocenters. The van der Waals surface area contributed by atoms with Gasteiger partial charge in [0.1, 0.15) is 0 Å². The van der Waals surface area contributed by atoms with Gasteiger partial charge in [-0.25, -0.2) is 0 Å². The highest BCUT2D eigenvalue weighted by Gasteiger charge is 2.05. The molecule has 0 radical (unpaired) electrons. The van der Waals surface area contributed by atoms with Crippen molar-refractivity contribution in [3.05, 3.63) is 53.1 Å². The fraction of sp³-hybridized carbons (Fsp3) is 0.188. The van der Waals surface area contributed by atoms with Crippen LogP contribution in [0.1, 0.15) is 16.7 Å². The predicted octanol–water partition coefficient (Wildman–Crippen LogP) is 5.31. The van der Waals surface area contributed by atoms with E-state index >= 15 is 0 Å². The molecule has 2 aromatic carbocycles. The Labute approximate surface area is 123 Å². The molecule has 0 aliphatic carbocycles. The lowest BCUT2D eigenvalue weighted by Crippen LogP contribution is -1.82. The number of benzene rings is 2. The van der Waals surface area contributed by atoms with E-state index in [2.05, 4.69) is 29.3 Å². The van der Waals surface area contributed by atoms with Crippen LogP contribution in [-0.2, 0) is 0 Å². The van der Waals surface area contributed by atoms with Crippen LogP contribution in [0.2, 0.25) is 0 Å². The second-order valence-electron chi connectivity index (χ2n) is 4.50.